The van der Waals surface area contributed by atoms with E-state index in [1.54, 1.807) is 24.3 Å². The van der Waals surface area contributed by atoms with E-state index in [0.717, 1.165) is 18.0 Å². The Hall–Kier alpha value is -2.87. The number of carbonyl (C=O) groups excluding carboxylic acids is 1. The van der Waals surface area contributed by atoms with Crippen LogP contribution in [0.4, 0.5) is 11.5 Å². The first kappa shape index (κ1) is 17.0. The molecule has 2 aliphatic carbocycles. The van der Waals surface area contributed by atoms with Crippen molar-refractivity contribution in [2.45, 2.75) is 36.5 Å². The second-order valence-corrected chi connectivity index (χ2v) is 10.0. The molecule has 3 atom stereocenters. The van der Waals surface area contributed by atoms with E-state index in [1.807, 2.05) is 6.07 Å². The van der Waals surface area contributed by atoms with E-state index in [9.17, 15) is 13.2 Å². The van der Waals surface area contributed by atoms with Crippen LogP contribution in [0.15, 0.2) is 41.3 Å². The Labute approximate surface area is 167 Å². The minimum absolute atomic E-state index is 0.138. The van der Waals surface area contributed by atoms with Gasteiger partial charge in [0.2, 0.25) is 0 Å². The Balaban J connectivity index is 1.34. The molecule has 0 spiro atoms. The van der Waals surface area contributed by atoms with Crippen LogP contribution in [0, 0.1) is 11.8 Å². The first-order valence-corrected chi connectivity index (χ1v) is 11.4. The lowest BCUT2D eigenvalue weighted by molar-refractivity contribution is 0.103. The lowest BCUT2D eigenvalue weighted by Crippen LogP contribution is -2.13. The molecule has 7 nitrogen and oxygen atoms in total. The number of nitrogens with one attached hydrogen (secondary N) is 3. The third kappa shape index (κ3) is 2.51. The maximum Gasteiger partial charge on any atom is 0.263 e. The average molecular weight is 408 g/mol. The van der Waals surface area contributed by atoms with Gasteiger partial charge in [0.15, 0.2) is 5.82 Å². The fraction of sp³-hybridized carbons (Fsp3) is 0.333. The van der Waals surface area contributed by atoms with E-state index in [4.69, 9.17) is 0 Å². The number of nitrogens with zero attached hydrogens (tertiary/aromatic N) is 1. The highest BCUT2D eigenvalue weighted by Crippen LogP contribution is 2.52. The quantitative estimate of drug-likeness (QED) is 0.610. The Bertz CT molecular complexity index is 1280. The fourth-order valence-electron chi connectivity index (χ4n) is 5.49. The first-order valence-electron chi connectivity index (χ1n) is 9.95. The molecular weight excluding hydrogens is 388 g/mol. The van der Waals surface area contributed by atoms with E-state index in [-0.39, 0.29) is 10.8 Å². The Morgan fingerprint density at radius 3 is 2.79 bits per heavy atom. The van der Waals surface area contributed by atoms with Crippen LogP contribution < -0.4 is 10.0 Å². The number of sulfonamides is 1. The Morgan fingerprint density at radius 2 is 2.00 bits per heavy atom. The summed E-state index contributed by atoms with van der Waals surface area (Å²) >= 11 is 0. The number of amides is 1. The molecule has 1 aliphatic heterocycles. The summed E-state index contributed by atoms with van der Waals surface area (Å²) in [6.07, 6.45) is 5.01. The molecular formula is C21H20N4O3S. The number of fused-ring (bicyclic) bond motifs is 2. The van der Waals surface area contributed by atoms with Gasteiger partial charge in [-0.05, 0) is 49.3 Å². The molecule has 3 unspecified atom stereocenters. The minimum Gasteiger partial charge on any atom is -0.321 e. The van der Waals surface area contributed by atoms with E-state index < -0.39 is 10.0 Å². The van der Waals surface area contributed by atoms with Crippen LogP contribution in [0.25, 0.3) is 10.8 Å². The van der Waals surface area contributed by atoms with Crippen LogP contribution in [0.2, 0.25) is 0 Å². The second-order valence-electron chi connectivity index (χ2n) is 8.39. The first-order chi connectivity index (χ1) is 14.0. The number of hydrogen-bond donors (Lipinski definition) is 3. The Morgan fingerprint density at radius 1 is 1.10 bits per heavy atom. The molecule has 2 aromatic carbocycles. The predicted molar refractivity (Wildman–Crippen MR) is 109 cm³/mol. The summed E-state index contributed by atoms with van der Waals surface area (Å²) in [5, 5.41) is 11.2. The van der Waals surface area contributed by atoms with Gasteiger partial charge in [-0.15, -0.1) is 0 Å². The molecule has 29 heavy (non-hydrogen) atoms. The summed E-state index contributed by atoms with van der Waals surface area (Å²) in [7, 11) is -3.86. The van der Waals surface area contributed by atoms with Gasteiger partial charge in [0.1, 0.15) is 0 Å². The van der Waals surface area contributed by atoms with E-state index in [0.29, 0.717) is 39.7 Å². The van der Waals surface area contributed by atoms with Crippen molar-refractivity contribution in [1.82, 2.24) is 10.2 Å². The summed E-state index contributed by atoms with van der Waals surface area (Å²) < 4.78 is 28.9. The van der Waals surface area contributed by atoms with Gasteiger partial charge in [0.05, 0.1) is 4.90 Å². The fourth-order valence-corrected chi connectivity index (χ4v) is 6.69. The molecule has 0 saturated heterocycles. The van der Waals surface area contributed by atoms with E-state index >= 15 is 0 Å². The highest BCUT2D eigenvalue weighted by atomic mass is 32.2. The smallest absolute Gasteiger partial charge is 0.263 e. The number of carbonyl (C=O) groups is 1. The number of rotatable bonds is 4. The van der Waals surface area contributed by atoms with Crippen molar-refractivity contribution in [3.8, 4) is 0 Å². The summed E-state index contributed by atoms with van der Waals surface area (Å²) in [6.45, 7) is 0. The van der Waals surface area contributed by atoms with Crippen LogP contribution in [0.3, 0.4) is 0 Å². The normalized spacial score (nSPS) is 25.0. The zero-order chi connectivity index (χ0) is 19.8. The van der Waals surface area contributed by atoms with Crippen LogP contribution in [-0.4, -0.2) is 24.5 Å². The molecule has 2 heterocycles. The SMILES string of the molecule is O=C1Nc2ccc(S(=O)(=O)Nc3cc(C4CC5CCC4C5)[nH]n3)c3cccc1c23. The number of anilines is 2. The maximum absolute atomic E-state index is 13.1. The molecule has 2 bridgehead atoms. The van der Waals surface area contributed by atoms with Gasteiger partial charge in [-0.2, -0.15) is 5.10 Å². The van der Waals surface area contributed by atoms with Crippen molar-refractivity contribution in [3.63, 3.8) is 0 Å². The molecule has 3 N–H and O–H groups in total. The molecule has 148 valence electrons. The van der Waals surface area contributed by atoms with Gasteiger partial charge in [-0.25, -0.2) is 8.42 Å². The number of aromatic amines is 1. The topological polar surface area (TPSA) is 104 Å². The molecule has 1 amide bonds. The van der Waals surface area contributed by atoms with Gasteiger partial charge >= 0.3 is 0 Å². The molecule has 1 aromatic heterocycles. The number of aromatic nitrogens is 2. The lowest BCUT2D eigenvalue weighted by Gasteiger charge is -2.19. The highest BCUT2D eigenvalue weighted by Gasteiger charge is 2.41. The summed E-state index contributed by atoms with van der Waals surface area (Å²) in [5.74, 6) is 2.04. The minimum atomic E-state index is -3.86. The van der Waals surface area contributed by atoms with Crippen LogP contribution >= 0.6 is 0 Å². The molecule has 3 aliphatic rings. The summed E-state index contributed by atoms with van der Waals surface area (Å²) in [6, 6.07) is 10.1. The van der Waals surface area contributed by atoms with Crippen molar-refractivity contribution in [2.24, 2.45) is 11.8 Å². The number of benzene rings is 2. The van der Waals surface area contributed by atoms with Gasteiger partial charge in [-0.3, -0.25) is 14.6 Å². The second kappa shape index (κ2) is 5.82. The molecule has 2 fully saturated rings. The summed E-state index contributed by atoms with van der Waals surface area (Å²) in [4.78, 5) is 12.2. The zero-order valence-electron chi connectivity index (χ0n) is 15.6. The predicted octanol–water partition coefficient (Wildman–Crippen LogP) is 3.83. The van der Waals surface area contributed by atoms with Crippen molar-refractivity contribution >= 4 is 38.2 Å². The van der Waals surface area contributed by atoms with E-state index in [1.165, 1.54) is 25.3 Å². The third-order valence-corrected chi connectivity index (χ3v) is 8.17. The van der Waals surface area contributed by atoms with Crippen LogP contribution in [-0.2, 0) is 10.0 Å². The van der Waals surface area contributed by atoms with Crippen LogP contribution in [0.5, 0.6) is 0 Å². The van der Waals surface area contributed by atoms with Gasteiger partial charge in [0, 0.05) is 39.7 Å². The molecule has 2 saturated carbocycles. The molecule has 3 aromatic rings. The third-order valence-electron chi connectivity index (χ3n) is 6.76. The van der Waals surface area contributed by atoms with Crippen molar-refractivity contribution in [2.75, 3.05) is 10.0 Å². The van der Waals surface area contributed by atoms with Crippen molar-refractivity contribution < 1.29 is 13.2 Å². The Kier molecular flexibility index (Phi) is 3.42. The zero-order valence-corrected chi connectivity index (χ0v) is 16.4. The van der Waals surface area contributed by atoms with Crippen molar-refractivity contribution in [3.05, 3.63) is 47.7 Å². The van der Waals surface area contributed by atoms with Crippen LogP contribution in [0.1, 0.15) is 47.7 Å². The average Bonchev–Trinajstić information content (AvgIpc) is 3.47. The largest absolute Gasteiger partial charge is 0.321 e. The van der Waals surface area contributed by atoms with E-state index in [2.05, 4.69) is 20.2 Å². The standard InChI is InChI=1S/C21H20N4O3S/c26-21-14-3-1-2-13-18(7-6-16(22-21)20(13)14)29(27,28)25-19-10-17(23-24-19)15-9-11-4-5-12(15)8-11/h1-3,6-7,10-12,15H,4-5,8-9H2,(H,22,26)(H2,23,24,25). The van der Waals surface area contributed by atoms with Crippen molar-refractivity contribution in [1.29, 1.82) is 0 Å². The lowest BCUT2D eigenvalue weighted by atomic mass is 9.86. The highest BCUT2D eigenvalue weighted by molar-refractivity contribution is 7.93. The van der Waals surface area contributed by atoms with Gasteiger partial charge in [-0.1, -0.05) is 18.6 Å². The molecule has 8 heteroatoms. The number of hydrogen-bond acceptors (Lipinski definition) is 4. The summed E-state index contributed by atoms with van der Waals surface area (Å²) in [5.41, 5.74) is 2.15. The monoisotopic (exact) mass is 408 g/mol. The maximum atomic E-state index is 13.1. The molecule has 6 rings (SSSR count). The number of H-pyrrole nitrogens is 1. The van der Waals surface area contributed by atoms with Gasteiger partial charge in [0.25, 0.3) is 15.9 Å². The molecule has 0 radical (unpaired) electrons. The van der Waals surface area contributed by atoms with Gasteiger partial charge < -0.3 is 5.32 Å².